The fourth-order valence-electron chi connectivity index (χ4n) is 2.44. The van der Waals surface area contributed by atoms with Gasteiger partial charge in [-0.3, -0.25) is 9.52 Å². The molecule has 0 atom stereocenters. The molecule has 0 bridgehead atoms. The standard InChI is InChI=1S/C21H19N3O4S/c1-15-6-12-19(13-7-15)29(27,28)24-18-10-8-16(9-11-18)21(26)23-22-14-17-4-2-3-5-20(17)25/h2-14,24-25H,1H3,(H,23,26)/b22-14+. The Morgan fingerprint density at radius 2 is 1.62 bits per heavy atom. The maximum Gasteiger partial charge on any atom is 0.271 e. The maximum absolute atomic E-state index is 12.4. The molecule has 0 unspecified atom stereocenters. The first-order chi connectivity index (χ1) is 13.8. The van der Waals surface area contributed by atoms with E-state index >= 15 is 0 Å². The van der Waals surface area contributed by atoms with Crippen molar-refractivity contribution >= 4 is 27.8 Å². The number of aromatic hydroxyl groups is 1. The lowest BCUT2D eigenvalue weighted by Crippen LogP contribution is -2.18. The number of amides is 1. The van der Waals surface area contributed by atoms with Crippen LogP contribution < -0.4 is 10.1 Å². The summed E-state index contributed by atoms with van der Waals surface area (Å²) in [6.07, 6.45) is 1.33. The van der Waals surface area contributed by atoms with E-state index in [0.29, 0.717) is 16.8 Å². The molecule has 148 valence electrons. The third-order valence-corrected chi connectivity index (χ3v) is 5.43. The van der Waals surface area contributed by atoms with Crippen molar-refractivity contribution in [2.75, 3.05) is 4.72 Å². The minimum atomic E-state index is -3.71. The van der Waals surface area contributed by atoms with Gasteiger partial charge in [0.2, 0.25) is 0 Å². The summed E-state index contributed by atoms with van der Waals surface area (Å²) in [4.78, 5) is 12.3. The van der Waals surface area contributed by atoms with E-state index in [0.717, 1.165) is 5.56 Å². The van der Waals surface area contributed by atoms with Crippen LogP contribution in [0.4, 0.5) is 5.69 Å². The SMILES string of the molecule is Cc1ccc(S(=O)(=O)Nc2ccc(C(=O)N/N=C/c3ccccc3O)cc2)cc1. The lowest BCUT2D eigenvalue weighted by atomic mass is 10.2. The maximum atomic E-state index is 12.4. The van der Waals surface area contributed by atoms with Gasteiger partial charge in [-0.15, -0.1) is 0 Å². The zero-order valence-corrected chi connectivity index (χ0v) is 16.3. The predicted octanol–water partition coefficient (Wildman–Crippen LogP) is 3.27. The molecule has 3 N–H and O–H groups in total. The Bertz CT molecular complexity index is 1140. The Labute approximate surface area is 168 Å². The lowest BCUT2D eigenvalue weighted by molar-refractivity contribution is 0.0955. The average Bonchev–Trinajstić information content (AvgIpc) is 2.70. The van der Waals surface area contributed by atoms with Crippen LogP contribution in [0, 0.1) is 6.92 Å². The van der Waals surface area contributed by atoms with Crippen LogP contribution in [-0.4, -0.2) is 25.6 Å². The first-order valence-corrected chi connectivity index (χ1v) is 10.1. The second-order valence-corrected chi connectivity index (χ2v) is 7.94. The Hall–Kier alpha value is -3.65. The van der Waals surface area contributed by atoms with Crippen LogP contribution in [0.5, 0.6) is 5.75 Å². The average molecular weight is 409 g/mol. The van der Waals surface area contributed by atoms with Gasteiger partial charge in [0.05, 0.1) is 11.1 Å². The smallest absolute Gasteiger partial charge is 0.271 e. The molecule has 1 amide bonds. The minimum Gasteiger partial charge on any atom is -0.507 e. The van der Waals surface area contributed by atoms with Crippen LogP contribution in [0.15, 0.2) is 82.8 Å². The van der Waals surface area contributed by atoms with Crippen molar-refractivity contribution in [2.45, 2.75) is 11.8 Å². The van der Waals surface area contributed by atoms with Crippen molar-refractivity contribution < 1.29 is 18.3 Å². The van der Waals surface area contributed by atoms with Crippen LogP contribution in [-0.2, 0) is 10.0 Å². The van der Waals surface area contributed by atoms with E-state index < -0.39 is 15.9 Å². The third-order valence-electron chi connectivity index (χ3n) is 4.04. The molecule has 0 radical (unpaired) electrons. The minimum absolute atomic E-state index is 0.0516. The van der Waals surface area contributed by atoms with Gasteiger partial charge in [-0.2, -0.15) is 5.10 Å². The molecule has 8 heteroatoms. The molecule has 0 aliphatic rings. The van der Waals surface area contributed by atoms with Crippen LogP contribution in [0.25, 0.3) is 0 Å². The molecular weight excluding hydrogens is 390 g/mol. The van der Waals surface area contributed by atoms with Gasteiger partial charge >= 0.3 is 0 Å². The summed E-state index contributed by atoms with van der Waals surface area (Å²) in [7, 11) is -3.71. The summed E-state index contributed by atoms with van der Waals surface area (Å²) in [5.74, 6) is -0.416. The van der Waals surface area contributed by atoms with E-state index in [1.165, 1.54) is 48.7 Å². The summed E-state index contributed by atoms with van der Waals surface area (Å²) in [6, 6.07) is 19.0. The topological polar surface area (TPSA) is 108 Å². The number of nitrogens with one attached hydrogen (secondary N) is 2. The summed E-state index contributed by atoms with van der Waals surface area (Å²) in [6.45, 7) is 1.88. The zero-order chi connectivity index (χ0) is 20.9. The van der Waals surface area contributed by atoms with E-state index in [4.69, 9.17) is 0 Å². The normalized spacial score (nSPS) is 11.3. The van der Waals surface area contributed by atoms with Gasteiger partial charge in [-0.1, -0.05) is 29.8 Å². The van der Waals surface area contributed by atoms with Crippen molar-refractivity contribution in [1.29, 1.82) is 0 Å². The molecule has 0 spiro atoms. The molecule has 3 aromatic rings. The van der Waals surface area contributed by atoms with E-state index in [-0.39, 0.29) is 10.6 Å². The Morgan fingerprint density at radius 3 is 2.28 bits per heavy atom. The highest BCUT2D eigenvalue weighted by Crippen LogP contribution is 2.17. The third kappa shape index (κ3) is 5.20. The predicted molar refractivity (Wildman–Crippen MR) is 112 cm³/mol. The Morgan fingerprint density at radius 1 is 0.966 bits per heavy atom. The number of phenolic OH excluding ortho intramolecular Hbond substituents is 1. The number of para-hydroxylation sites is 1. The van der Waals surface area contributed by atoms with Gasteiger partial charge in [0, 0.05) is 16.8 Å². The number of phenols is 1. The molecule has 0 heterocycles. The number of sulfonamides is 1. The highest BCUT2D eigenvalue weighted by atomic mass is 32.2. The van der Waals surface area contributed by atoms with Crippen molar-refractivity contribution in [1.82, 2.24) is 5.43 Å². The highest BCUT2D eigenvalue weighted by Gasteiger charge is 2.14. The number of hydrogen-bond acceptors (Lipinski definition) is 5. The van der Waals surface area contributed by atoms with Crippen molar-refractivity contribution in [2.24, 2.45) is 5.10 Å². The van der Waals surface area contributed by atoms with Crippen LogP contribution in [0.1, 0.15) is 21.5 Å². The number of aryl methyl sites for hydroxylation is 1. The van der Waals surface area contributed by atoms with Gasteiger partial charge in [0.25, 0.3) is 15.9 Å². The number of carbonyl (C=O) groups is 1. The number of benzene rings is 3. The van der Waals surface area contributed by atoms with E-state index in [1.54, 1.807) is 30.3 Å². The number of hydrogen-bond donors (Lipinski definition) is 3. The van der Waals surface area contributed by atoms with E-state index in [2.05, 4.69) is 15.2 Å². The van der Waals surface area contributed by atoms with Gasteiger partial charge in [0.1, 0.15) is 5.75 Å². The molecule has 0 saturated carbocycles. The molecule has 0 aliphatic carbocycles. The first-order valence-electron chi connectivity index (χ1n) is 8.66. The number of rotatable bonds is 6. The number of carbonyl (C=O) groups excluding carboxylic acids is 1. The molecule has 0 aliphatic heterocycles. The second-order valence-electron chi connectivity index (χ2n) is 6.25. The number of hydrazone groups is 1. The van der Waals surface area contributed by atoms with Gasteiger partial charge in [0.15, 0.2) is 0 Å². The summed E-state index contributed by atoms with van der Waals surface area (Å²) >= 11 is 0. The Balaban J connectivity index is 1.64. The van der Waals surface area contributed by atoms with E-state index in [1.807, 2.05) is 6.92 Å². The molecule has 0 fully saturated rings. The van der Waals surface area contributed by atoms with Gasteiger partial charge in [-0.25, -0.2) is 13.8 Å². The molecule has 3 rings (SSSR count). The zero-order valence-electron chi connectivity index (χ0n) is 15.5. The van der Waals surface area contributed by atoms with Crippen molar-refractivity contribution in [3.05, 3.63) is 89.5 Å². The second kappa shape index (κ2) is 8.57. The van der Waals surface area contributed by atoms with Crippen molar-refractivity contribution in [3.8, 4) is 5.75 Å². The fraction of sp³-hybridized carbons (Fsp3) is 0.0476. The number of nitrogens with zero attached hydrogens (tertiary/aromatic N) is 1. The molecule has 7 nitrogen and oxygen atoms in total. The molecule has 3 aromatic carbocycles. The molecule has 29 heavy (non-hydrogen) atoms. The monoisotopic (exact) mass is 409 g/mol. The largest absolute Gasteiger partial charge is 0.507 e. The summed E-state index contributed by atoms with van der Waals surface area (Å²) in [5.41, 5.74) is 4.42. The molecule has 0 aromatic heterocycles. The quantitative estimate of drug-likeness (QED) is 0.429. The van der Waals surface area contributed by atoms with E-state index in [9.17, 15) is 18.3 Å². The highest BCUT2D eigenvalue weighted by molar-refractivity contribution is 7.92. The Kier molecular flexibility index (Phi) is 5.94. The van der Waals surface area contributed by atoms with Crippen LogP contribution in [0.3, 0.4) is 0 Å². The van der Waals surface area contributed by atoms with Gasteiger partial charge < -0.3 is 5.11 Å². The van der Waals surface area contributed by atoms with Gasteiger partial charge in [-0.05, 0) is 55.5 Å². The molecule has 0 saturated heterocycles. The lowest BCUT2D eigenvalue weighted by Gasteiger charge is -2.09. The van der Waals surface area contributed by atoms with Crippen LogP contribution in [0.2, 0.25) is 0 Å². The summed E-state index contributed by atoms with van der Waals surface area (Å²) < 4.78 is 27.3. The molecular formula is C21H19N3O4S. The first kappa shape index (κ1) is 20.1. The summed E-state index contributed by atoms with van der Waals surface area (Å²) in [5, 5.41) is 13.5. The fourth-order valence-corrected chi connectivity index (χ4v) is 3.50. The van der Waals surface area contributed by atoms with Crippen molar-refractivity contribution in [3.63, 3.8) is 0 Å². The van der Waals surface area contributed by atoms with Crippen LogP contribution >= 0.6 is 0 Å². The number of anilines is 1.